The van der Waals surface area contributed by atoms with Crippen molar-refractivity contribution in [2.75, 3.05) is 6.54 Å². The van der Waals surface area contributed by atoms with Crippen LogP contribution in [0.3, 0.4) is 0 Å². The highest BCUT2D eigenvalue weighted by Crippen LogP contribution is 2.45. The number of halogens is 1. The molecule has 2 bridgehead atoms. The highest BCUT2D eigenvalue weighted by molar-refractivity contribution is 7.09. The van der Waals surface area contributed by atoms with Gasteiger partial charge in [-0.25, -0.2) is 14.2 Å². The third-order valence-electron chi connectivity index (χ3n) is 4.61. The number of aromatic nitrogens is 1. The fraction of sp³-hybridized carbons (Fsp3) is 0.412. The van der Waals surface area contributed by atoms with Crippen molar-refractivity contribution in [3.63, 3.8) is 0 Å². The first kappa shape index (κ1) is 15.4. The van der Waals surface area contributed by atoms with Gasteiger partial charge in [-0.3, -0.25) is 4.90 Å². The van der Waals surface area contributed by atoms with Crippen molar-refractivity contribution in [1.82, 2.24) is 15.2 Å². The average molecular weight is 347 g/mol. The minimum atomic E-state index is -0.853. The highest BCUT2D eigenvalue weighted by Gasteiger charge is 2.49. The third kappa shape index (κ3) is 2.43. The molecule has 4 rings (SSSR count). The Bertz CT molecular complexity index is 809. The molecule has 24 heavy (non-hydrogen) atoms. The van der Waals surface area contributed by atoms with E-state index in [1.807, 2.05) is 19.2 Å². The lowest BCUT2D eigenvalue weighted by Crippen LogP contribution is -2.65. The van der Waals surface area contributed by atoms with Crippen LogP contribution in [0.4, 0.5) is 9.18 Å². The van der Waals surface area contributed by atoms with Crippen LogP contribution in [0.5, 0.6) is 5.75 Å². The van der Waals surface area contributed by atoms with E-state index in [2.05, 4.69) is 10.3 Å². The van der Waals surface area contributed by atoms with Crippen molar-refractivity contribution in [2.45, 2.75) is 38.5 Å². The zero-order valence-corrected chi connectivity index (χ0v) is 14.3. The average Bonchev–Trinajstić information content (AvgIpc) is 2.93. The van der Waals surface area contributed by atoms with Crippen molar-refractivity contribution < 1.29 is 13.9 Å². The van der Waals surface area contributed by atoms with Crippen LogP contribution in [-0.4, -0.2) is 28.2 Å². The molecule has 0 spiro atoms. The van der Waals surface area contributed by atoms with Gasteiger partial charge in [0.05, 0.1) is 11.0 Å². The Labute approximate surface area is 143 Å². The molecule has 0 radical (unpaired) electrons. The number of para-hydroxylation sites is 1. The molecular formula is C17H18FN3O2S. The first-order chi connectivity index (χ1) is 11.5. The van der Waals surface area contributed by atoms with Crippen LogP contribution in [0.25, 0.3) is 0 Å². The highest BCUT2D eigenvalue weighted by atomic mass is 32.1. The van der Waals surface area contributed by atoms with E-state index in [9.17, 15) is 9.18 Å². The predicted octanol–water partition coefficient (Wildman–Crippen LogP) is 3.40. The number of thiazole rings is 1. The molecule has 2 aliphatic heterocycles. The molecular weight excluding hydrogens is 329 g/mol. The first-order valence-corrected chi connectivity index (χ1v) is 8.81. The summed E-state index contributed by atoms with van der Waals surface area (Å²) in [5, 5.41) is 5.94. The largest absolute Gasteiger partial charge is 0.465 e. The fourth-order valence-electron chi connectivity index (χ4n) is 3.46. The molecule has 1 saturated heterocycles. The van der Waals surface area contributed by atoms with E-state index in [4.69, 9.17) is 4.74 Å². The summed E-state index contributed by atoms with van der Waals surface area (Å²) in [5.41, 5.74) is 0.833. The minimum Gasteiger partial charge on any atom is -0.465 e. The van der Waals surface area contributed by atoms with Crippen LogP contribution in [0.15, 0.2) is 23.6 Å². The number of fused-ring (bicyclic) bond motifs is 4. The van der Waals surface area contributed by atoms with Gasteiger partial charge < -0.3 is 10.1 Å². The van der Waals surface area contributed by atoms with E-state index in [1.54, 1.807) is 28.4 Å². The first-order valence-electron chi connectivity index (χ1n) is 7.93. The van der Waals surface area contributed by atoms with Gasteiger partial charge in [0.15, 0.2) is 17.3 Å². The lowest BCUT2D eigenvalue weighted by atomic mass is 9.90. The van der Waals surface area contributed by atoms with Gasteiger partial charge in [-0.05, 0) is 19.9 Å². The number of carbonyl (C=O) groups excluding carboxylic acids is 1. The summed E-state index contributed by atoms with van der Waals surface area (Å²) >= 11 is 1.58. The minimum absolute atomic E-state index is 0.183. The van der Waals surface area contributed by atoms with Crippen molar-refractivity contribution in [2.24, 2.45) is 0 Å². The van der Waals surface area contributed by atoms with Crippen molar-refractivity contribution in [1.29, 1.82) is 0 Å². The molecule has 7 heteroatoms. The summed E-state index contributed by atoms with van der Waals surface area (Å²) in [4.78, 5) is 18.6. The van der Waals surface area contributed by atoms with Gasteiger partial charge in [0.25, 0.3) is 0 Å². The van der Waals surface area contributed by atoms with Gasteiger partial charge in [-0.15, -0.1) is 11.3 Å². The Balaban J connectivity index is 1.61. The molecule has 2 amide bonds. The maximum absolute atomic E-state index is 14.2. The molecule has 5 nitrogen and oxygen atoms in total. The van der Waals surface area contributed by atoms with Gasteiger partial charge >= 0.3 is 6.03 Å². The second kappa shape index (κ2) is 5.44. The SMILES string of the molecule is Cc1csc(CCN2C(=O)NC3CC2(C)Oc2c(F)cccc23)n1. The Kier molecular flexibility index (Phi) is 3.49. The van der Waals surface area contributed by atoms with Gasteiger partial charge in [-0.1, -0.05) is 12.1 Å². The van der Waals surface area contributed by atoms with E-state index in [0.717, 1.165) is 10.7 Å². The maximum Gasteiger partial charge on any atom is 0.320 e. The van der Waals surface area contributed by atoms with Crippen molar-refractivity contribution in [3.05, 3.63) is 45.7 Å². The van der Waals surface area contributed by atoms with Gasteiger partial charge in [-0.2, -0.15) is 0 Å². The smallest absolute Gasteiger partial charge is 0.320 e. The molecule has 0 aliphatic carbocycles. The quantitative estimate of drug-likeness (QED) is 0.926. The number of benzene rings is 1. The second-order valence-corrected chi connectivity index (χ2v) is 7.37. The molecule has 2 aromatic rings. The lowest BCUT2D eigenvalue weighted by molar-refractivity contribution is -0.0855. The Morgan fingerprint density at radius 3 is 3.12 bits per heavy atom. The van der Waals surface area contributed by atoms with Crippen LogP contribution in [0.1, 0.15) is 35.7 Å². The normalized spacial score (nSPS) is 25.0. The van der Waals surface area contributed by atoms with Crippen LogP contribution in [0, 0.1) is 12.7 Å². The molecule has 1 aromatic heterocycles. The van der Waals surface area contributed by atoms with Crippen LogP contribution >= 0.6 is 11.3 Å². The molecule has 0 saturated carbocycles. The summed E-state index contributed by atoms with van der Waals surface area (Å²) in [6.45, 7) is 4.27. The van der Waals surface area contributed by atoms with Gasteiger partial charge in [0.1, 0.15) is 0 Å². The molecule has 1 aromatic carbocycles. The Hall–Kier alpha value is -2.15. The van der Waals surface area contributed by atoms with E-state index >= 15 is 0 Å². The maximum atomic E-state index is 14.2. The van der Waals surface area contributed by atoms with Crippen molar-refractivity contribution >= 4 is 17.4 Å². The predicted molar refractivity (Wildman–Crippen MR) is 88.6 cm³/mol. The van der Waals surface area contributed by atoms with E-state index in [0.29, 0.717) is 24.9 Å². The number of hydrogen-bond acceptors (Lipinski definition) is 4. The standard InChI is InChI=1S/C17H18FN3O2S/c1-10-9-24-14(19-10)6-7-21-16(22)20-13-8-17(21,2)23-15-11(13)4-3-5-12(15)18/h3-5,9,13H,6-8H2,1-2H3,(H,20,22). The van der Waals surface area contributed by atoms with Gasteiger partial charge in [0, 0.05) is 36.0 Å². The van der Waals surface area contributed by atoms with Crippen LogP contribution in [0.2, 0.25) is 0 Å². The zero-order chi connectivity index (χ0) is 16.9. The lowest BCUT2D eigenvalue weighted by Gasteiger charge is -2.50. The van der Waals surface area contributed by atoms with E-state index in [1.165, 1.54) is 6.07 Å². The zero-order valence-electron chi connectivity index (χ0n) is 13.5. The molecule has 1 fully saturated rings. The molecule has 2 unspecified atom stereocenters. The number of nitrogens with zero attached hydrogens (tertiary/aromatic N) is 2. The number of hydrogen-bond donors (Lipinski definition) is 1. The van der Waals surface area contributed by atoms with Crippen LogP contribution < -0.4 is 10.1 Å². The Morgan fingerprint density at radius 2 is 2.38 bits per heavy atom. The monoisotopic (exact) mass is 347 g/mol. The number of nitrogens with one attached hydrogen (secondary N) is 1. The summed E-state index contributed by atoms with van der Waals surface area (Å²) in [7, 11) is 0. The number of carbonyl (C=O) groups is 1. The molecule has 2 atom stereocenters. The summed E-state index contributed by atoms with van der Waals surface area (Å²) in [6.07, 6.45) is 1.24. The van der Waals surface area contributed by atoms with E-state index < -0.39 is 11.5 Å². The second-order valence-electron chi connectivity index (χ2n) is 6.43. The van der Waals surface area contributed by atoms with Gasteiger partial charge in [0.2, 0.25) is 0 Å². The van der Waals surface area contributed by atoms with E-state index in [-0.39, 0.29) is 17.8 Å². The summed E-state index contributed by atoms with van der Waals surface area (Å²) < 4.78 is 20.1. The number of amides is 2. The molecule has 3 heterocycles. The molecule has 2 aliphatic rings. The topological polar surface area (TPSA) is 54.5 Å². The van der Waals surface area contributed by atoms with Crippen molar-refractivity contribution in [3.8, 4) is 5.75 Å². The summed E-state index contributed by atoms with van der Waals surface area (Å²) in [6, 6.07) is 4.42. The number of aryl methyl sites for hydroxylation is 1. The molecule has 1 N–H and O–H groups in total. The van der Waals surface area contributed by atoms with Crippen LogP contribution in [-0.2, 0) is 6.42 Å². The number of rotatable bonds is 3. The number of ether oxygens (including phenoxy) is 1. The Morgan fingerprint density at radius 1 is 1.54 bits per heavy atom. The third-order valence-corrected chi connectivity index (χ3v) is 5.63. The number of urea groups is 1. The molecule has 126 valence electrons. The summed E-state index contributed by atoms with van der Waals surface area (Å²) in [5.74, 6) is -0.151. The fourth-order valence-corrected chi connectivity index (χ4v) is 4.22.